The Morgan fingerprint density at radius 2 is 2.05 bits per heavy atom. The number of hydrogen-bond donors (Lipinski definition) is 2. The van der Waals surface area contributed by atoms with E-state index < -0.39 is 12.0 Å². The Bertz CT molecular complexity index is 303. The minimum Gasteiger partial charge on any atom is -0.480 e. The van der Waals surface area contributed by atoms with Gasteiger partial charge in [0, 0.05) is 6.54 Å². The summed E-state index contributed by atoms with van der Waals surface area (Å²) in [6.45, 7) is 5.53. The highest BCUT2D eigenvalue weighted by molar-refractivity contribution is 5.73. The van der Waals surface area contributed by atoms with Gasteiger partial charge in [-0.15, -0.1) is 0 Å². The van der Waals surface area contributed by atoms with E-state index >= 15 is 0 Å². The summed E-state index contributed by atoms with van der Waals surface area (Å²) in [5.41, 5.74) is 0.659. The number of rotatable bonds is 6. The third-order valence-electron chi connectivity index (χ3n) is 5.32. The molecule has 1 aliphatic carbocycles. The first-order valence-electron chi connectivity index (χ1n) is 7.71. The van der Waals surface area contributed by atoms with Crippen molar-refractivity contribution in [2.45, 2.75) is 51.5 Å². The molecule has 0 amide bonds. The zero-order valence-corrected chi connectivity index (χ0v) is 12.3. The molecule has 2 N–H and O–H groups in total. The van der Waals surface area contributed by atoms with Crippen molar-refractivity contribution in [3.8, 4) is 0 Å². The standard InChI is InChI=1S/C15H28N2O2/c1-3-12-10-15(11-12)5-8-17(9-6-15)7-4-13(16-2)14(18)19/h12-13,16H,3-11H2,1-2H3,(H,18,19). The number of nitrogens with one attached hydrogen (secondary N) is 1. The molecule has 0 aromatic rings. The summed E-state index contributed by atoms with van der Waals surface area (Å²) in [6, 6.07) is -0.399. The summed E-state index contributed by atoms with van der Waals surface area (Å²) < 4.78 is 0. The highest BCUT2D eigenvalue weighted by Crippen LogP contribution is 2.53. The first-order chi connectivity index (χ1) is 9.08. The summed E-state index contributed by atoms with van der Waals surface area (Å²) in [4.78, 5) is 13.4. The molecule has 110 valence electrons. The van der Waals surface area contributed by atoms with Crippen LogP contribution in [0.25, 0.3) is 0 Å². The second-order valence-electron chi connectivity index (χ2n) is 6.49. The highest BCUT2D eigenvalue weighted by atomic mass is 16.4. The van der Waals surface area contributed by atoms with Crippen molar-refractivity contribution in [1.82, 2.24) is 10.2 Å². The van der Waals surface area contributed by atoms with Crippen molar-refractivity contribution in [1.29, 1.82) is 0 Å². The SMILES string of the molecule is CCC1CC2(CCN(CCC(NC)C(=O)O)CC2)C1. The second kappa shape index (κ2) is 6.23. The van der Waals surface area contributed by atoms with Crippen LogP contribution in [0.3, 0.4) is 0 Å². The molecule has 1 heterocycles. The van der Waals surface area contributed by atoms with Gasteiger partial charge in [-0.05, 0) is 63.6 Å². The van der Waals surface area contributed by atoms with Crippen molar-refractivity contribution in [3.05, 3.63) is 0 Å². The van der Waals surface area contributed by atoms with E-state index in [1.165, 1.54) is 32.1 Å². The molecule has 1 spiro atoms. The summed E-state index contributed by atoms with van der Waals surface area (Å²) in [7, 11) is 1.73. The van der Waals surface area contributed by atoms with Gasteiger partial charge in [-0.3, -0.25) is 4.79 Å². The average molecular weight is 268 g/mol. The molecule has 1 saturated carbocycles. The molecule has 0 bridgehead atoms. The van der Waals surface area contributed by atoms with E-state index in [1.807, 2.05) is 0 Å². The third kappa shape index (κ3) is 3.48. The zero-order valence-electron chi connectivity index (χ0n) is 12.3. The Morgan fingerprint density at radius 3 is 2.53 bits per heavy atom. The van der Waals surface area contributed by atoms with E-state index in [2.05, 4.69) is 17.1 Å². The Balaban J connectivity index is 1.68. The van der Waals surface area contributed by atoms with Crippen molar-refractivity contribution in [2.24, 2.45) is 11.3 Å². The van der Waals surface area contributed by atoms with Crippen LogP contribution in [0.15, 0.2) is 0 Å². The quantitative estimate of drug-likeness (QED) is 0.773. The second-order valence-corrected chi connectivity index (χ2v) is 6.49. The minimum atomic E-state index is -0.735. The Labute approximate surface area is 116 Å². The van der Waals surface area contributed by atoms with Gasteiger partial charge in [0.1, 0.15) is 6.04 Å². The largest absolute Gasteiger partial charge is 0.480 e. The van der Waals surface area contributed by atoms with Gasteiger partial charge in [-0.1, -0.05) is 13.3 Å². The number of carbonyl (C=O) groups is 1. The molecule has 2 aliphatic rings. The fourth-order valence-electron chi connectivity index (χ4n) is 3.82. The maximum absolute atomic E-state index is 10.9. The summed E-state index contributed by atoms with van der Waals surface area (Å²) in [5, 5.41) is 11.9. The van der Waals surface area contributed by atoms with E-state index in [0.29, 0.717) is 11.8 Å². The molecule has 0 aromatic carbocycles. The number of likely N-dealkylation sites (tertiary alicyclic amines) is 1. The van der Waals surface area contributed by atoms with Crippen LogP contribution in [-0.4, -0.2) is 48.7 Å². The van der Waals surface area contributed by atoms with Gasteiger partial charge < -0.3 is 15.3 Å². The molecule has 4 heteroatoms. The maximum atomic E-state index is 10.9. The fraction of sp³-hybridized carbons (Fsp3) is 0.933. The number of piperidine rings is 1. The monoisotopic (exact) mass is 268 g/mol. The summed E-state index contributed by atoms with van der Waals surface area (Å²) in [5.74, 6) is 0.244. The Kier molecular flexibility index (Phi) is 4.85. The van der Waals surface area contributed by atoms with Crippen molar-refractivity contribution >= 4 is 5.97 Å². The van der Waals surface area contributed by atoms with E-state index in [9.17, 15) is 4.79 Å². The molecule has 2 rings (SSSR count). The van der Waals surface area contributed by atoms with E-state index in [4.69, 9.17) is 5.11 Å². The topological polar surface area (TPSA) is 52.6 Å². The molecule has 2 fully saturated rings. The number of carboxylic acids is 1. The van der Waals surface area contributed by atoms with Gasteiger partial charge in [-0.25, -0.2) is 0 Å². The average Bonchev–Trinajstić information content (AvgIpc) is 2.37. The predicted octanol–water partition coefficient (Wildman–Crippen LogP) is 1.95. The molecule has 0 radical (unpaired) electrons. The van der Waals surface area contributed by atoms with Gasteiger partial charge >= 0.3 is 5.97 Å². The molecule has 4 nitrogen and oxygen atoms in total. The van der Waals surface area contributed by atoms with Crippen molar-refractivity contribution in [2.75, 3.05) is 26.7 Å². The number of aliphatic carboxylic acids is 1. The summed E-state index contributed by atoms with van der Waals surface area (Å²) >= 11 is 0. The number of hydrogen-bond acceptors (Lipinski definition) is 3. The van der Waals surface area contributed by atoms with Crippen LogP contribution in [0.1, 0.15) is 45.4 Å². The van der Waals surface area contributed by atoms with Gasteiger partial charge in [0.05, 0.1) is 0 Å². The third-order valence-corrected chi connectivity index (χ3v) is 5.32. The van der Waals surface area contributed by atoms with Crippen LogP contribution >= 0.6 is 0 Å². The first-order valence-corrected chi connectivity index (χ1v) is 7.71. The van der Waals surface area contributed by atoms with Gasteiger partial charge in [-0.2, -0.15) is 0 Å². The van der Waals surface area contributed by atoms with Crippen LogP contribution < -0.4 is 5.32 Å². The molecule has 1 atom stereocenters. The fourth-order valence-corrected chi connectivity index (χ4v) is 3.82. The normalized spacial score (nSPS) is 25.2. The van der Waals surface area contributed by atoms with Gasteiger partial charge in [0.2, 0.25) is 0 Å². The number of carboxylic acid groups (broad SMARTS) is 1. The minimum absolute atomic E-state index is 0.399. The van der Waals surface area contributed by atoms with Crippen molar-refractivity contribution in [3.63, 3.8) is 0 Å². The van der Waals surface area contributed by atoms with E-state index in [0.717, 1.165) is 25.6 Å². The summed E-state index contributed by atoms with van der Waals surface area (Å²) in [6.07, 6.45) is 7.56. The van der Waals surface area contributed by atoms with Gasteiger partial charge in [0.15, 0.2) is 0 Å². The molecule has 1 unspecified atom stereocenters. The molecule has 0 aromatic heterocycles. The molecular formula is C15H28N2O2. The molecular weight excluding hydrogens is 240 g/mol. The molecule has 19 heavy (non-hydrogen) atoms. The lowest BCUT2D eigenvalue weighted by Gasteiger charge is -2.52. The van der Waals surface area contributed by atoms with E-state index in [1.54, 1.807) is 7.05 Å². The molecule has 1 saturated heterocycles. The highest BCUT2D eigenvalue weighted by Gasteiger charge is 2.44. The molecule has 1 aliphatic heterocycles. The number of nitrogens with zero attached hydrogens (tertiary/aromatic N) is 1. The zero-order chi connectivity index (χ0) is 13.9. The number of likely N-dealkylation sites (N-methyl/N-ethyl adjacent to an activating group) is 1. The Hall–Kier alpha value is -0.610. The van der Waals surface area contributed by atoms with Gasteiger partial charge in [0.25, 0.3) is 0 Å². The lowest BCUT2D eigenvalue weighted by molar-refractivity contribution is -0.139. The smallest absolute Gasteiger partial charge is 0.320 e. The van der Waals surface area contributed by atoms with Crippen LogP contribution in [0.5, 0.6) is 0 Å². The predicted molar refractivity (Wildman–Crippen MR) is 76.2 cm³/mol. The lowest BCUT2D eigenvalue weighted by Crippen LogP contribution is -2.48. The van der Waals surface area contributed by atoms with Crippen LogP contribution in [0.4, 0.5) is 0 Å². The Morgan fingerprint density at radius 1 is 1.42 bits per heavy atom. The maximum Gasteiger partial charge on any atom is 0.320 e. The van der Waals surface area contributed by atoms with E-state index in [-0.39, 0.29) is 0 Å². The van der Waals surface area contributed by atoms with Crippen molar-refractivity contribution < 1.29 is 9.90 Å². The lowest BCUT2D eigenvalue weighted by atomic mass is 9.57. The van der Waals surface area contributed by atoms with Crippen LogP contribution in [0.2, 0.25) is 0 Å². The first kappa shape index (κ1) is 14.8. The van der Waals surface area contributed by atoms with Crippen LogP contribution in [0, 0.1) is 11.3 Å². The van der Waals surface area contributed by atoms with Crippen LogP contribution in [-0.2, 0) is 4.79 Å².